The van der Waals surface area contributed by atoms with Crippen molar-refractivity contribution in [1.82, 2.24) is 15.1 Å². The number of hydrogen-bond donors (Lipinski definition) is 2. The number of aryl methyl sites for hydroxylation is 1. The SMILES string of the molecule is CCCCc1c(C#N)c(NC(=O)NC)nn1C. The summed E-state index contributed by atoms with van der Waals surface area (Å²) in [5.41, 5.74) is 1.31. The fourth-order valence-corrected chi connectivity index (χ4v) is 1.56. The van der Waals surface area contributed by atoms with E-state index in [9.17, 15) is 4.79 Å². The molecule has 0 fully saturated rings. The van der Waals surface area contributed by atoms with Crippen molar-refractivity contribution in [2.75, 3.05) is 12.4 Å². The Labute approximate surface area is 101 Å². The first kappa shape index (κ1) is 13.0. The van der Waals surface area contributed by atoms with E-state index in [1.165, 1.54) is 7.05 Å². The Morgan fingerprint density at radius 1 is 1.59 bits per heavy atom. The van der Waals surface area contributed by atoms with Crippen LogP contribution in [0.5, 0.6) is 0 Å². The molecule has 2 N–H and O–H groups in total. The number of urea groups is 1. The Bertz CT molecular complexity index is 443. The maximum Gasteiger partial charge on any atom is 0.320 e. The first-order valence-electron chi connectivity index (χ1n) is 5.58. The molecule has 0 radical (unpaired) electrons. The number of hydrogen-bond acceptors (Lipinski definition) is 3. The molecule has 0 aromatic carbocycles. The zero-order valence-electron chi connectivity index (χ0n) is 10.4. The largest absolute Gasteiger partial charge is 0.341 e. The van der Waals surface area contributed by atoms with Crippen LogP contribution in [0.3, 0.4) is 0 Å². The van der Waals surface area contributed by atoms with Gasteiger partial charge >= 0.3 is 6.03 Å². The lowest BCUT2D eigenvalue weighted by atomic mass is 10.1. The van der Waals surface area contributed by atoms with E-state index in [4.69, 9.17) is 5.26 Å². The highest BCUT2D eigenvalue weighted by molar-refractivity contribution is 5.89. The minimum atomic E-state index is -0.373. The van der Waals surface area contributed by atoms with E-state index in [2.05, 4.69) is 28.7 Å². The summed E-state index contributed by atoms with van der Waals surface area (Å²) in [5.74, 6) is 0.320. The number of carbonyl (C=O) groups is 1. The molecule has 0 aliphatic heterocycles. The monoisotopic (exact) mass is 235 g/mol. The number of carbonyl (C=O) groups excluding carboxylic acids is 1. The van der Waals surface area contributed by atoms with Crippen LogP contribution in [0.4, 0.5) is 10.6 Å². The van der Waals surface area contributed by atoms with Crippen molar-refractivity contribution in [3.63, 3.8) is 0 Å². The van der Waals surface area contributed by atoms with Gasteiger partial charge in [-0.1, -0.05) is 13.3 Å². The van der Waals surface area contributed by atoms with Gasteiger partial charge in [-0.2, -0.15) is 10.4 Å². The fraction of sp³-hybridized carbons (Fsp3) is 0.545. The molecule has 0 aliphatic carbocycles. The van der Waals surface area contributed by atoms with Crippen LogP contribution < -0.4 is 10.6 Å². The highest BCUT2D eigenvalue weighted by Gasteiger charge is 2.16. The zero-order valence-corrected chi connectivity index (χ0v) is 10.4. The van der Waals surface area contributed by atoms with E-state index < -0.39 is 0 Å². The van der Waals surface area contributed by atoms with Gasteiger partial charge < -0.3 is 5.32 Å². The molecule has 1 rings (SSSR count). The Hall–Kier alpha value is -2.03. The van der Waals surface area contributed by atoms with E-state index in [0.717, 1.165) is 25.0 Å². The lowest BCUT2D eigenvalue weighted by molar-refractivity contribution is 0.254. The molecule has 17 heavy (non-hydrogen) atoms. The Morgan fingerprint density at radius 2 is 2.29 bits per heavy atom. The summed E-state index contributed by atoms with van der Waals surface area (Å²) in [4.78, 5) is 11.2. The predicted octanol–water partition coefficient (Wildman–Crippen LogP) is 1.39. The molecule has 0 unspecified atom stereocenters. The molecule has 1 aromatic rings. The van der Waals surface area contributed by atoms with Crippen molar-refractivity contribution in [1.29, 1.82) is 5.26 Å². The van der Waals surface area contributed by atoms with Crippen LogP contribution in [0.1, 0.15) is 31.0 Å². The smallest absolute Gasteiger partial charge is 0.320 e. The van der Waals surface area contributed by atoms with Crippen LogP contribution in [0.25, 0.3) is 0 Å². The number of aromatic nitrogens is 2. The molecule has 0 bridgehead atoms. The van der Waals surface area contributed by atoms with Gasteiger partial charge in [0.25, 0.3) is 0 Å². The van der Waals surface area contributed by atoms with Gasteiger partial charge in [-0.15, -0.1) is 0 Å². The van der Waals surface area contributed by atoms with Crippen LogP contribution in [0.2, 0.25) is 0 Å². The van der Waals surface area contributed by atoms with Gasteiger partial charge in [-0.25, -0.2) is 4.79 Å². The van der Waals surface area contributed by atoms with Crippen LogP contribution in [0, 0.1) is 11.3 Å². The standard InChI is InChI=1S/C11H17N5O/c1-4-5-6-9-8(7-12)10(15-16(9)3)14-11(17)13-2/h4-6H2,1-3H3,(H2,13,14,15,17). The molecule has 0 spiro atoms. The third-order valence-corrected chi connectivity index (χ3v) is 2.50. The van der Waals surface area contributed by atoms with Gasteiger partial charge in [0.2, 0.25) is 0 Å². The third-order valence-electron chi connectivity index (χ3n) is 2.50. The first-order chi connectivity index (χ1) is 8.13. The lowest BCUT2D eigenvalue weighted by Crippen LogP contribution is -2.25. The van der Waals surface area contributed by atoms with Gasteiger partial charge in [0.05, 0.1) is 5.69 Å². The third kappa shape index (κ3) is 2.97. The summed E-state index contributed by atoms with van der Waals surface area (Å²) >= 11 is 0. The van der Waals surface area contributed by atoms with Crippen molar-refractivity contribution >= 4 is 11.8 Å². The van der Waals surface area contributed by atoms with E-state index in [1.54, 1.807) is 11.7 Å². The molecule has 0 aliphatic rings. The maximum atomic E-state index is 11.2. The second kappa shape index (κ2) is 5.89. The Morgan fingerprint density at radius 3 is 2.82 bits per heavy atom. The van der Waals surface area contributed by atoms with Gasteiger partial charge in [0.1, 0.15) is 11.6 Å². The number of nitrogens with zero attached hydrogens (tertiary/aromatic N) is 3. The van der Waals surface area contributed by atoms with Crippen LogP contribution in [-0.2, 0) is 13.5 Å². The molecule has 1 aromatic heterocycles. The van der Waals surface area contributed by atoms with Crippen LogP contribution in [0.15, 0.2) is 0 Å². The van der Waals surface area contributed by atoms with E-state index in [0.29, 0.717) is 11.4 Å². The van der Waals surface area contributed by atoms with Gasteiger partial charge in [0.15, 0.2) is 5.82 Å². The van der Waals surface area contributed by atoms with E-state index >= 15 is 0 Å². The van der Waals surface area contributed by atoms with Crippen molar-refractivity contribution in [3.8, 4) is 6.07 Å². The van der Waals surface area contributed by atoms with Crippen molar-refractivity contribution in [3.05, 3.63) is 11.3 Å². The van der Waals surface area contributed by atoms with Crippen molar-refractivity contribution in [2.45, 2.75) is 26.2 Å². The van der Waals surface area contributed by atoms with Gasteiger partial charge in [-0.3, -0.25) is 10.00 Å². The molecular formula is C11H17N5O. The zero-order chi connectivity index (χ0) is 12.8. The second-order valence-corrected chi connectivity index (χ2v) is 3.71. The van der Waals surface area contributed by atoms with Crippen LogP contribution in [-0.4, -0.2) is 22.9 Å². The maximum absolute atomic E-state index is 11.2. The molecule has 0 atom stereocenters. The number of anilines is 1. The molecule has 92 valence electrons. The highest BCUT2D eigenvalue weighted by Crippen LogP contribution is 2.19. The summed E-state index contributed by atoms with van der Waals surface area (Å²) in [6.07, 6.45) is 2.83. The number of nitrogens with one attached hydrogen (secondary N) is 2. The van der Waals surface area contributed by atoms with Crippen LogP contribution >= 0.6 is 0 Å². The number of amides is 2. The molecule has 2 amide bonds. The molecular weight excluding hydrogens is 218 g/mol. The number of nitriles is 1. The Balaban J connectivity index is 3.00. The average Bonchev–Trinajstić information content (AvgIpc) is 2.61. The van der Waals surface area contributed by atoms with Gasteiger partial charge in [-0.05, 0) is 12.8 Å². The molecule has 0 saturated carbocycles. The van der Waals surface area contributed by atoms with Gasteiger partial charge in [0, 0.05) is 14.1 Å². The minimum Gasteiger partial charge on any atom is -0.341 e. The quantitative estimate of drug-likeness (QED) is 0.827. The number of unbranched alkanes of at least 4 members (excludes halogenated alkanes) is 1. The second-order valence-electron chi connectivity index (χ2n) is 3.71. The molecule has 6 heteroatoms. The minimum absolute atomic E-state index is 0.320. The normalized spacial score (nSPS) is 9.76. The summed E-state index contributed by atoms with van der Waals surface area (Å²) in [5, 5.41) is 18.2. The predicted molar refractivity (Wildman–Crippen MR) is 64.6 cm³/mol. The fourth-order valence-electron chi connectivity index (χ4n) is 1.56. The molecule has 6 nitrogen and oxygen atoms in total. The van der Waals surface area contributed by atoms with E-state index in [1.807, 2.05) is 0 Å². The Kier molecular flexibility index (Phi) is 4.52. The summed E-state index contributed by atoms with van der Waals surface area (Å²) in [6.45, 7) is 2.09. The highest BCUT2D eigenvalue weighted by atomic mass is 16.2. The summed E-state index contributed by atoms with van der Waals surface area (Å²) in [6, 6.07) is 1.72. The summed E-state index contributed by atoms with van der Waals surface area (Å²) in [7, 11) is 3.29. The lowest BCUT2D eigenvalue weighted by Gasteiger charge is -2.00. The molecule has 0 saturated heterocycles. The topological polar surface area (TPSA) is 82.7 Å². The summed E-state index contributed by atoms with van der Waals surface area (Å²) < 4.78 is 1.65. The first-order valence-corrected chi connectivity index (χ1v) is 5.58. The van der Waals surface area contributed by atoms with Crippen molar-refractivity contribution < 1.29 is 4.79 Å². The van der Waals surface area contributed by atoms with E-state index in [-0.39, 0.29) is 6.03 Å². The number of rotatable bonds is 4. The molecule has 1 heterocycles. The van der Waals surface area contributed by atoms with Crippen molar-refractivity contribution in [2.24, 2.45) is 7.05 Å². The average molecular weight is 235 g/mol.